The number of benzene rings is 1. The quantitative estimate of drug-likeness (QED) is 0.865. The Morgan fingerprint density at radius 3 is 2.50 bits per heavy atom. The largest absolute Gasteiger partial charge is 0.480 e. The maximum Gasteiger partial charge on any atom is 0.226 e. The molecule has 4 nitrogen and oxygen atoms in total. The second-order valence-corrected chi connectivity index (χ2v) is 7.09. The zero-order chi connectivity index (χ0) is 13.2. The average molecular weight is 283 g/mol. The molecule has 18 heavy (non-hydrogen) atoms. The lowest BCUT2D eigenvalue weighted by Gasteiger charge is -2.11. The Morgan fingerprint density at radius 1 is 1.28 bits per heavy atom. The number of sulfone groups is 1. The number of aromatic nitrogens is 1. The van der Waals surface area contributed by atoms with Gasteiger partial charge in [0.25, 0.3) is 0 Å². The van der Waals surface area contributed by atoms with Gasteiger partial charge in [-0.25, -0.2) is 8.42 Å². The summed E-state index contributed by atoms with van der Waals surface area (Å²) < 4.78 is 33.8. The van der Waals surface area contributed by atoms with Crippen LogP contribution < -0.4 is 4.74 Å². The third kappa shape index (κ3) is 2.39. The smallest absolute Gasteiger partial charge is 0.226 e. The Kier molecular flexibility index (Phi) is 3.68. The monoisotopic (exact) mass is 283 g/mol. The maximum atomic E-state index is 12.4. The van der Waals surface area contributed by atoms with Crippen molar-refractivity contribution in [3.05, 3.63) is 42.0 Å². The van der Waals surface area contributed by atoms with E-state index >= 15 is 0 Å². The Morgan fingerprint density at radius 2 is 1.94 bits per heavy atom. The number of methoxy groups -OCH3 is 1. The summed E-state index contributed by atoms with van der Waals surface area (Å²) in [7, 11) is -1.94. The van der Waals surface area contributed by atoms with Crippen molar-refractivity contribution >= 4 is 21.4 Å². The highest BCUT2D eigenvalue weighted by molar-refractivity contribution is 7.93. The lowest BCUT2D eigenvalue weighted by molar-refractivity contribution is 0.402. The third-order valence-electron chi connectivity index (χ3n) is 2.69. The fourth-order valence-corrected chi connectivity index (χ4v) is 4.10. The summed E-state index contributed by atoms with van der Waals surface area (Å²) in [6.45, 7) is 1.68. The molecule has 1 aromatic heterocycles. The van der Waals surface area contributed by atoms with Gasteiger partial charge in [-0.05, 0) is 24.0 Å². The summed E-state index contributed by atoms with van der Waals surface area (Å²) in [6, 6.07) is 10.6. The molecule has 1 heterocycles. The van der Waals surface area contributed by atoms with E-state index in [1.54, 1.807) is 19.1 Å². The zero-order valence-electron chi connectivity index (χ0n) is 10.0. The van der Waals surface area contributed by atoms with Crippen molar-refractivity contribution < 1.29 is 13.2 Å². The van der Waals surface area contributed by atoms with Gasteiger partial charge in [-0.15, -0.1) is 0 Å². The number of rotatable bonds is 4. The van der Waals surface area contributed by atoms with Crippen molar-refractivity contribution in [1.29, 1.82) is 0 Å². The van der Waals surface area contributed by atoms with Gasteiger partial charge in [-0.3, -0.25) is 0 Å². The fourth-order valence-electron chi connectivity index (χ4n) is 1.55. The summed E-state index contributed by atoms with van der Waals surface area (Å²) in [5.74, 6) is 0.332. The molecular formula is C12H13NO3S2. The number of nitrogens with zero attached hydrogens (tertiary/aromatic N) is 1. The topological polar surface area (TPSA) is 56.3 Å². The SMILES string of the molecule is COc1cc(S(=O)(=O)C(C)c2ccccc2)sn1. The molecular weight excluding hydrogens is 270 g/mol. The molecule has 0 spiro atoms. The summed E-state index contributed by atoms with van der Waals surface area (Å²) in [6.07, 6.45) is 0. The van der Waals surface area contributed by atoms with Gasteiger partial charge in [0, 0.05) is 6.07 Å². The van der Waals surface area contributed by atoms with Gasteiger partial charge in [-0.1, -0.05) is 30.3 Å². The molecule has 6 heteroatoms. The van der Waals surface area contributed by atoms with Gasteiger partial charge in [0.05, 0.1) is 12.4 Å². The van der Waals surface area contributed by atoms with E-state index in [1.807, 2.05) is 18.2 Å². The van der Waals surface area contributed by atoms with Crippen LogP contribution in [0.25, 0.3) is 0 Å². The van der Waals surface area contributed by atoms with E-state index in [-0.39, 0.29) is 4.21 Å². The second-order valence-electron chi connectivity index (χ2n) is 3.79. The Bertz CT molecular complexity index is 620. The maximum absolute atomic E-state index is 12.4. The molecule has 0 aliphatic heterocycles. The summed E-state index contributed by atoms with van der Waals surface area (Å²) in [5.41, 5.74) is 0.768. The molecule has 0 bridgehead atoms. The highest BCUT2D eigenvalue weighted by Crippen LogP contribution is 2.32. The van der Waals surface area contributed by atoms with Crippen LogP contribution in [0.5, 0.6) is 5.88 Å². The van der Waals surface area contributed by atoms with E-state index in [0.29, 0.717) is 5.88 Å². The highest BCUT2D eigenvalue weighted by atomic mass is 32.2. The normalized spacial score (nSPS) is 13.2. The lowest BCUT2D eigenvalue weighted by Crippen LogP contribution is -2.09. The number of hydrogen-bond acceptors (Lipinski definition) is 5. The first-order valence-corrected chi connectivity index (χ1v) is 7.67. The molecule has 1 unspecified atom stereocenters. The Balaban J connectivity index is 2.37. The van der Waals surface area contributed by atoms with E-state index < -0.39 is 15.1 Å². The van der Waals surface area contributed by atoms with E-state index in [9.17, 15) is 8.42 Å². The Hall–Kier alpha value is -1.40. The van der Waals surface area contributed by atoms with Crippen molar-refractivity contribution in [1.82, 2.24) is 4.37 Å². The Labute approximate surface area is 110 Å². The van der Waals surface area contributed by atoms with Gasteiger partial charge in [-0.2, -0.15) is 4.37 Å². The van der Waals surface area contributed by atoms with Crippen molar-refractivity contribution in [3.8, 4) is 5.88 Å². The van der Waals surface area contributed by atoms with Crippen LogP contribution in [0.2, 0.25) is 0 Å². The van der Waals surface area contributed by atoms with E-state index in [1.165, 1.54) is 13.2 Å². The molecule has 0 amide bonds. The second kappa shape index (κ2) is 5.07. The fraction of sp³-hybridized carbons (Fsp3) is 0.250. The summed E-state index contributed by atoms with van der Waals surface area (Å²) in [5, 5.41) is -0.594. The summed E-state index contributed by atoms with van der Waals surface area (Å²) >= 11 is 0.941. The molecule has 0 radical (unpaired) electrons. The van der Waals surface area contributed by atoms with Crippen molar-refractivity contribution in [2.24, 2.45) is 0 Å². The van der Waals surface area contributed by atoms with Gasteiger partial charge in [0.15, 0.2) is 9.84 Å². The lowest BCUT2D eigenvalue weighted by atomic mass is 10.2. The van der Waals surface area contributed by atoms with E-state index in [0.717, 1.165) is 17.1 Å². The highest BCUT2D eigenvalue weighted by Gasteiger charge is 2.27. The average Bonchev–Trinajstić information content (AvgIpc) is 2.88. The molecule has 0 N–H and O–H groups in total. The number of ether oxygens (including phenoxy) is 1. The standard InChI is InChI=1S/C12H13NO3S2/c1-9(10-6-4-3-5-7-10)18(14,15)12-8-11(16-2)13-17-12/h3-9H,1-2H3. The van der Waals surface area contributed by atoms with Crippen LogP contribution in [0.1, 0.15) is 17.7 Å². The number of hydrogen-bond donors (Lipinski definition) is 0. The van der Waals surface area contributed by atoms with Crippen LogP contribution in [0.3, 0.4) is 0 Å². The van der Waals surface area contributed by atoms with Gasteiger partial charge in [0.1, 0.15) is 4.21 Å². The molecule has 2 aromatic rings. The molecule has 1 aromatic carbocycles. The minimum atomic E-state index is -3.41. The van der Waals surface area contributed by atoms with Crippen LogP contribution in [-0.2, 0) is 9.84 Å². The zero-order valence-corrected chi connectivity index (χ0v) is 11.7. The summed E-state index contributed by atoms with van der Waals surface area (Å²) in [4.78, 5) is 0. The minimum Gasteiger partial charge on any atom is -0.480 e. The predicted molar refractivity (Wildman–Crippen MR) is 70.7 cm³/mol. The molecule has 2 rings (SSSR count). The first-order chi connectivity index (χ1) is 8.55. The minimum absolute atomic E-state index is 0.232. The van der Waals surface area contributed by atoms with Crippen LogP contribution >= 0.6 is 11.5 Å². The first kappa shape index (κ1) is 13.0. The van der Waals surface area contributed by atoms with Gasteiger partial charge in [0.2, 0.25) is 5.88 Å². The first-order valence-electron chi connectivity index (χ1n) is 5.35. The van der Waals surface area contributed by atoms with E-state index in [2.05, 4.69) is 4.37 Å². The molecule has 96 valence electrons. The molecule has 0 aliphatic carbocycles. The van der Waals surface area contributed by atoms with Crippen LogP contribution in [0, 0.1) is 0 Å². The predicted octanol–water partition coefficient (Wildman–Crippen LogP) is 2.69. The van der Waals surface area contributed by atoms with Crippen molar-refractivity contribution in [3.63, 3.8) is 0 Å². The van der Waals surface area contributed by atoms with Crippen molar-refractivity contribution in [2.45, 2.75) is 16.4 Å². The van der Waals surface area contributed by atoms with Crippen molar-refractivity contribution in [2.75, 3.05) is 7.11 Å². The van der Waals surface area contributed by atoms with Crippen LogP contribution in [0.15, 0.2) is 40.6 Å². The molecule has 0 saturated heterocycles. The third-order valence-corrected chi connectivity index (χ3v) is 6.06. The van der Waals surface area contributed by atoms with Gasteiger partial charge >= 0.3 is 0 Å². The van der Waals surface area contributed by atoms with Gasteiger partial charge < -0.3 is 4.74 Å². The molecule has 1 atom stereocenters. The molecule has 0 fully saturated rings. The van der Waals surface area contributed by atoms with E-state index in [4.69, 9.17) is 4.74 Å². The molecule has 0 saturated carbocycles. The van der Waals surface area contributed by atoms with Crippen LogP contribution in [-0.4, -0.2) is 19.9 Å². The van der Waals surface area contributed by atoms with Crippen LogP contribution in [0.4, 0.5) is 0 Å². The molecule has 0 aliphatic rings.